The molecule has 0 spiro atoms. The summed E-state index contributed by atoms with van der Waals surface area (Å²) in [6.45, 7) is 5.00. The minimum absolute atomic E-state index is 0. The van der Waals surface area contributed by atoms with Crippen molar-refractivity contribution >= 4 is 18.3 Å². The molecule has 1 amide bonds. The van der Waals surface area contributed by atoms with Crippen LogP contribution in [0.1, 0.15) is 17.5 Å². The summed E-state index contributed by atoms with van der Waals surface area (Å²) in [6, 6.07) is 8.44. The van der Waals surface area contributed by atoms with E-state index >= 15 is 0 Å². The number of hydrogen-bond acceptors (Lipinski definition) is 3. The van der Waals surface area contributed by atoms with Crippen LogP contribution >= 0.6 is 12.4 Å². The molecule has 1 aliphatic rings. The number of aryl methyl sites for hydroxylation is 1. The van der Waals surface area contributed by atoms with Gasteiger partial charge in [-0.25, -0.2) is 0 Å². The molecule has 0 bridgehead atoms. The van der Waals surface area contributed by atoms with Gasteiger partial charge in [0.2, 0.25) is 5.91 Å². The number of carbonyl (C=O) groups excluding carboxylic acids is 1. The number of nitrogens with one attached hydrogen (secondary N) is 2. The maximum Gasteiger partial charge on any atom is 0.221 e. The van der Waals surface area contributed by atoms with Gasteiger partial charge in [0.15, 0.2) is 0 Å². The first-order valence-electron chi connectivity index (χ1n) is 6.88. The third-order valence-corrected chi connectivity index (χ3v) is 3.41. The van der Waals surface area contributed by atoms with Gasteiger partial charge >= 0.3 is 0 Å². The van der Waals surface area contributed by atoms with Gasteiger partial charge in [0.1, 0.15) is 0 Å². The third kappa shape index (κ3) is 5.49. The Morgan fingerprint density at radius 1 is 1.45 bits per heavy atom. The highest BCUT2D eigenvalue weighted by Crippen LogP contribution is 2.07. The number of carbonyl (C=O) groups is 1. The molecule has 1 heterocycles. The summed E-state index contributed by atoms with van der Waals surface area (Å²) in [5.41, 5.74) is 2.57. The highest BCUT2D eigenvalue weighted by atomic mass is 35.5. The van der Waals surface area contributed by atoms with Crippen LogP contribution in [0.5, 0.6) is 0 Å². The van der Waals surface area contributed by atoms with Gasteiger partial charge in [-0.3, -0.25) is 4.79 Å². The lowest BCUT2D eigenvalue weighted by atomic mass is 10.1. The van der Waals surface area contributed by atoms with Crippen LogP contribution in [-0.4, -0.2) is 38.3 Å². The molecule has 0 radical (unpaired) electrons. The smallest absolute Gasteiger partial charge is 0.221 e. The molecule has 112 valence electrons. The van der Waals surface area contributed by atoms with Crippen molar-refractivity contribution in [1.82, 2.24) is 10.6 Å². The molecule has 0 saturated carbocycles. The first kappa shape index (κ1) is 17.0. The number of hydrogen-bond donors (Lipinski definition) is 2. The molecular formula is C15H23ClN2O2. The molecule has 2 rings (SSSR count). The fourth-order valence-corrected chi connectivity index (χ4v) is 2.27. The molecule has 1 saturated heterocycles. The average molecular weight is 299 g/mol. The summed E-state index contributed by atoms with van der Waals surface area (Å²) in [5, 5.41) is 6.25. The normalized spacial score (nSPS) is 18.1. The Morgan fingerprint density at radius 2 is 2.25 bits per heavy atom. The number of rotatable bonds is 5. The van der Waals surface area contributed by atoms with Gasteiger partial charge < -0.3 is 15.4 Å². The lowest BCUT2D eigenvalue weighted by molar-refractivity contribution is -0.122. The molecule has 1 fully saturated rings. The van der Waals surface area contributed by atoms with Crippen molar-refractivity contribution in [3.63, 3.8) is 0 Å². The summed E-state index contributed by atoms with van der Waals surface area (Å²) in [4.78, 5) is 11.8. The van der Waals surface area contributed by atoms with Gasteiger partial charge in [0, 0.05) is 25.6 Å². The quantitative estimate of drug-likeness (QED) is 0.865. The summed E-state index contributed by atoms with van der Waals surface area (Å²) in [7, 11) is 0. The monoisotopic (exact) mass is 298 g/mol. The largest absolute Gasteiger partial charge is 0.378 e. The molecule has 1 aromatic rings. The lowest BCUT2D eigenvalue weighted by Crippen LogP contribution is -2.44. The van der Waals surface area contributed by atoms with Gasteiger partial charge in [-0.1, -0.05) is 24.3 Å². The van der Waals surface area contributed by atoms with Crippen molar-refractivity contribution in [2.24, 2.45) is 0 Å². The van der Waals surface area contributed by atoms with E-state index in [2.05, 4.69) is 29.7 Å². The molecule has 1 aliphatic heterocycles. The summed E-state index contributed by atoms with van der Waals surface area (Å²) < 4.78 is 5.33. The molecule has 4 nitrogen and oxygen atoms in total. The maximum absolute atomic E-state index is 11.8. The average Bonchev–Trinajstić information content (AvgIpc) is 2.42. The Morgan fingerprint density at radius 3 is 2.95 bits per heavy atom. The molecule has 5 heteroatoms. The van der Waals surface area contributed by atoms with Gasteiger partial charge in [0.05, 0.1) is 13.2 Å². The van der Waals surface area contributed by atoms with Gasteiger partial charge in [-0.15, -0.1) is 12.4 Å². The Labute approximate surface area is 126 Å². The van der Waals surface area contributed by atoms with Crippen LogP contribution in [0.4, 0.5) is 0 Å². The predicted octanol–water partition coefficient (Wildman–Crippen LogP) is 1.45. The first-order chi connectivity index (χ1) is 9.25. The minimum atomic E-state index is 0. The van der Waals surface area contributed by atoms with E-state index in [9.17, 15) is 4.79 Å². The molecule has 0 aliphatic carbocycles. The minimum Gasteiger partial charge on any atom is -0.378 e. The number of amides is 1. The Balaban J connectivity index is 0.00000200. The highest BCUT2D eigenvalue weighted by molar-refractivity contribution is 5.85. The van der Waals surface area contributed by atoms with Crippen molar-refractivity contribution in [2.75, 3.05) is 26.3 Å². The predicted molar refractivity (Wildman–Crippen MR) is 82.4 cm³/mol. The van der Waals surface area contributed by atoms with E-state index in [0.29, 0.717) is 19.6 Å². The van der Waals surface area contributed by atoms with E-state index in [1.54, 1.807) is 0 Å². The van der Waals surface area contributed by atoms with Gasteiger partial charge in [-0.2, -0.15) is 0 Å². The summed E-state index contributed by atoms with van der Waals surface area (Å²) in [6.07, 6.45) is 1.38. The fraction of sp³-hybridized carbons (Fsp3) is 0.533. The van der Waals surface area contributed by atoms with E-state index in [4.69, 9.17) is 4.74 Å². The molecule has 1 unspecified atom stereocenters. The second-order valence-electron chi connectivity index (χ2n) is 4.96. The van der Waals surface area contributed by atoms with E-state index in [0.717, 1.165) is 19.6 Å². The Bertz CT molecular complexity index is 420. The molecular weight excluding hydrogens is 276 g/mol. The molecule has 20 heavy (non-hydrogen) atoms. The zero-order chi connectivity index (χ0) is 13.5. The zero-order valence-corrected chi connectivity index (χ0v) is 12.7. The fourth-order valence-electron chi connectivity index (χ4n) is 2.27. The second-order valence-corrected chi connectivity index (χ2v) is 4.96. The number of benzene rings is 1. The van der Waals surface area contributed by atoms with Crippen molar-refractivity contribution < 1.29 is 9.53 Å². The van der Waals surface area contributed by atoms with Crippen molar-refractivity contribution in [3.05, 3.63) is 35.4 Å². The summed E-state index contributed by atoms with van der Waals surface area (Å²) >= 11 is 0. The first-order valence-corrected chi connectivity index (χ1v) is 6.88. The summed E-state index contributed by atoms with van der Waals surface area (Å²) in [5.74, 6) is 0.0941. The van der Waals surface area contributed by atoms with E-state index in [-0.39, 0.29) is 24.4 Å². The van der Waals surface area contributed by atoms with E-state index in [1.165, 1.54) is 11.1 Å². The molecule has 0 aromatic heterocycles. The van der Waals surface area contributed by atoms with Gasteiger partial charge in [0.25, 0.3) is 0 Å². The Hall–Kier alpha value is -1.10. The van der Waals surface area contributed by atoms with Crippen molar-refractivity contribution in [2.45, 2.75) is 25.8 Å². The molecule has 2 N–H and O–H groups in total. The van der Waals surface area contributed by atoms with Crippen LogP contribution in [0.25, 0.3) is 0 Å². The third-order valence-electron chi connectivity index (χ3n) is 3.41. The SMILES string of the molecule is Cc1ccccc1CCNC(=O)CC1COCCN1.Cl. The van der Waals surface area contributed by atoms with Crippen molar-refractivity contribution in [1.29, 1.82) is 0 Å². The standard InChI is InChI=1S/C15H22N2O2.ClH/c1-12-4-2-3-5-13(12)6-7-17-15(18)10-14-11-19-9-8-16-14;/h2-5,14,16H,6-11H2,1H3,(H,17,18);1H. The lowest BCUT2D eigenvalue weighted by Gasteiger charge is -2.23. The maximum atomic E-state index is 11.8. The zero-order valence-electron chi connectivity index (χ0n) is 11.9. The van der Waals surface area contributed by atoms with Crippen LogP contribution in [0.2, 0.25) is 0 Å². The van der Waals surface area contributed by atoms with E-state index in [1.807, 2.05) is 12.1 Å². The van der Waals surface area contributed by atoms with Crippen LogP contribution in [-0.2, 0) is 16.0 Å². The molecule has 1 aromatic carbocycles. The topological polar surface area (TPSA) is 50.4 Å². The highest BCUT2D eigenvalue weighted by Gasteiger charge is 2.16. The Kier molecular flexibility index (Phi) is 7.59. The second kappa shape index (κ2) is 8.95. The van der Waals surface area contributed by atoms with Gasteiger partial charge in [-0.05, 0) is 24.5 Å². The number of halogens is 1. The van der Waals surface area contributed by atoms with Crippen LogP contribution in [0.15, 0.2) is 24.3 Å². The number of morpholine rings is 1. The van der Waals surface area contributed by atoms with E-state index < -0.39 is 0 Å². The molecule has 1 atom stereocenters. The van der Waals surface area contributed by atoms with Crippen LogP contribution in [0.3, 0.4) is 0 Å². The van der Waals surface area contributed by atoms with Crippen LogP contribution in [0, 0.1) is 6.92 Å². The van der Waals surface area contributed by atoms with Crippen molar-refractivity contribution in [3.8, 4) is 0 Å². The van der Waals surface area contributed by atoms with Crippen LogP contribution < -0.4 is 10.6 Å². The number of ether oxygens (including phenoxy) is 1.